The highest BCUT2D eigenvalue weighted by molar-refractivity contribution is 5.86. The summed E-state index contributed by atoms with van der Waals surface area (Å²) in [7, 11) is 0. The van der Waals surface area contributed by atoms with Gasteiger partial charge in [0.05, 0.1) is 10.9 Å². The molecule has 33 heavy (non-hydrogen) atoms. The zero-order chi connectivity index (χ0) is 23.6. The minimum absolute atomic E-state index is 0.0169. The molecule has 0 unspecified atom stereocenters. The Hall–Kier alpha value is -2.60. The van der Waals surface area contributed by atoms with Crippen LogP contribution in [0.4, 0.5) is 26.3 Å². The summed E-state index contributed by atoms with van der Waals surface area (Å²) in [6, 6.07) is 3.60. The highest BCUT2D eigenvalue weighted by atomic mass is 19.4. The van der Waals surface area contributed by atoms with Crippen molar-refractivity contribution in [2.24, 2.45) is 11.8 Å². The number of halogens is 6. The van der Waals surface area contributed by atoms with Gasteiger partial charge in [-0.2, -0.15) is 13.2 Å². The van der Waals surface area contributed by atoms with Crippen LogP contribution < -0.4 is 0 Å². The summed E-state index contributed by atoms with van der Waals surface area (Å²) in [6.45, 7) is 0. The maximum atomic E-state index is 14.8. The number of rotatable bonds is 1. The third-order valence-corrected chi connectivity index (χ3v) is 6.73. The van der Waals surface area contributed by atoms with Gasteiger partial charge in [-0.1, -0.05) is 43.1 Å². The van der Waals surface area contributed by atoms with E-state index in [1.165, 1.54) is 50.2 Å². The fourth-order valence-corrected chi connectivity index (χ4v) is 4.97. The lowest BCUT2D eigenvalue weighted by molar-refractivity contribution is -0.0696. The van der Waals surface area contributed by atoms with E-state index in [9.17, 15) is 26.3 Å². The number of hydrogen-bond donors (Lipinski definition) is 0. The minimum Gasteiger partial charge on any atom is -0.206 e. The van der Waals surface area contributed by atoms with Crippen LogP contribution in [0.25, 0.3) is 10.8 Å². The molecule has 2 saturated carbocycles. The maximum absolute atomic E-state index is 14.8. The summed E-state index contributed by atoms with van der Waals surface area (Å²) >= 11 is 0. The average Bonchev–Trinajstić information content (AvgIpc) is 2.77. The van der Waals surface area contributed by atoms with Crippen molar-refractivity contribution < 1.29 is 26.3 Å². The second kappa shape index (κ2) is 9.72. The molecule has 2 fully saturated rings. The molecule has 2 aliphatic rings. The lowest BCUT2D eigenvalue weighted by Crippen LogP contribution is -2.13. The van der Waals surface area contributed by atoms with Gasteiger partial charge in [0.2, 0.25) is 0 Å². The van der Waals surface area contributed by atoms with Crippen LogP contribution in [-0.4, -0.2) is 6.18 Å². The van der Waals surface area contributed by atoms with Crippen molar-refractivity contribution in [3.05, 3.63) is 46.8 Å². The minimum atomic E-state index is -4.91. The second-order valence-corrected chi connectivity index (χ2v) is 9.07. The Kier molecular flexibility index (Phi) is 6.94. The first-order valence-corrected chi connectivity index (χ1v) is 11.4. The van der Waals surface area contributed by atoms with E-state index in [1.54, 1.807) is 0 Å². The molecule has 174 valence electrons. The van der Waals surface area contributed by atoms with Crippen molar-refractivity contribution in [1.82, 2.24) is 0 Å². The molecule has 0 heterocycles. The molecule has 0 aliphatic heterocycles. The van der Waals surface area contributed by atoms with Gasteiger partial charge in [0.25, 0.3) is 0 Å². The Morgan fingerprint density at radius 2 is 1.36 bits per heavy atom. The molecule has 0 nitrogen and oxygen atoms in total. The first kappa shape index (κ1) is 23.6. The van der Waals surface area contributed by atoms with Crippen molar-refractivity contribution in [1.29, 1.82) is 0 Å². The number of hydrogen-bond acceptors (Lipinski definition) is 0. The predicted octanol–water partition coefficient (Wildman–Crippen LogP) is 8.03. The molecule has 0 saturated heterocycles. The van der Waals surface area contributed by atoms with E-state index in [4.69, 9.17) is 0 Å². The number of benzene rings is 2. The molecule has 0 N–H and O–H groups in total. The Labute approximate surface area is 189 Å². The monoisotopic (exact) mass is 462 g/mol. The molecule has 4 rings (SSSR count). The Morgan fingerprint density at radius 1 is 0.727 bits per heavy atom. The molecule has 0 aromatic heterocycles. The summed E-state index contributed by atoms with van der Waals surface area (Å²) in [6.07, 6.45) is 4.61. The molecule has 0 radical (unpaired) electrons. The van der Waals surface area contributed by atoms with Crippen molar-refractivity contribution in [3.8, 4) is 23.7 Å². The van der Waals surface area contributed by atoms with E-state index in [0.717, 1.165) is 37.7 Å². The van der Waals surface area contributed by atoms with Crippen LogP contribution in [0.3, 0.4) is 0 Å². The van der Waals surface area contributed by atoms with Crippen molar-refractivity contribution in [2.75, 3.05) is 0 Å². The van der Waals surface area contributed by atoms with Crippen LogP contribution >= 0.6 is 0 Å². The fraction of sp³-hybridized carbons (Fsp3) is 0.481. The van der Waals surface area contributed by atoms with E-state index in [1.807, 2.05) is 0 Å². The van der Waals surface area contributed by atoms with Gasteiger partial charge in [0.1, 0.15) is 11.6 Å². The zero-order valence-electron chi connectivity index (χ0n) is 18.1. The van der Waals surface area contributed by atoms with Crippen molar-refractivity contribution in [2.45, 2.75) is 69.9 Å². The summed E-state index contributed by atoms with van der Waals surface area (Å²) in [5, 5.41) is -0.560. The van der Waals surface area contributed by atoms with Crippen LogP contribution in [0.5, 0.6) is 0 Å². The topological polar surface area (TPSA) is 0 Å². The van der Waals surface area contributed by atoms with Gasteiger partial charge in [-0.05, 0) is 67.5 Å². The molecule has 0 spiro atoms. The maximum Gasteiger partial charge on any atom is 0.458 e. The largest absolute Gasteiger partial charge is 0.458 e. The Morgan fingerprint density at radius 3 is 2.00 bits per heavy atom. The fourth-order valence-electron chi connectivity index (χ4n) is 4.97. The first-order valence-electron chi connectivity index (χ1n) is 11.4. The lowest BCUT2D eigenvalue weighted by atomic mass is 9.78. The first-order chi connectivity index (χ1) is 15.7. The summed E-state index contributed by atoms with van der Waals surface area (Å²) in [5.41, 5.74) is -0.435. The summed E-state index contributed by atoms with van der Waals surface area (Å²) < 4.78 is 80.7. The van der Waals surface area contributed by atoms with E-state index < -0.39 is 34.6 Å². The average molecular weight is 462 g/mol. The molecule has 0 amide bonds. The van der Waals surface area contributed by atoms with Gasteiger partial charge in [-0.25, -0.2) is 13.2 Å². The van der Waals surface area contributed by atoms with Gasteiger partial charge in [0, 0.05) is 17.8 Å². The molecular weight excluding hydrogens is 438 g/mol. The highest BCUT2D eigenvalue weighted by Gasteiger charge is 2.26. The van der Waals surface area contributed by atoms with Gasteiger partial charge in [-0.15, -0.1) is 0 Å². The van der Waals surface area contributed by atoms with E-state index >= 15 is 0 Å². The van der Waals surface area contributed by atoms with Gasteiger partial charge < -0.3 is 0 Å². The zero-order valence-corrected chi connectivity index (χ0v) is 18.1. The van der Waals surface area contributed by atoms with Crippen LogP contribution in [-0.2, 0) is 0 Å². The highest BCUT2D eigenvalue weighted by Crippen LogP contribution is 2.38. The van der Waals surface area contributed by atoms with Gasteiger partial charge in [-0.3, -0.25) is 0 Å². The standard InChI is InChI=1S/C27H24F6/c28-23-16-21-14-20(15-24(29)25(21)26(30)22(23)12-13-27(31,32)33)19-10-8-18(9-11-19)7-6-17-4-2-1-3-5-17/h14-19H,1-5,8-11H2. The molecule has 6 heteroatoms. The van der Waals surface area contributed by atoms with E-state index in [0.29, 0.717) is 17.4 Å². The number of fused-ring (bicyclic) bond motifs is 1. The molecular formula is C27H24F6. The lowest BCUT2D eigenvalue weighted by Gasteiger charge is -2.26. The molecule has 0 atom stereocenters. The normalized spacial score (nSPS) is 21.8. The van der Waals surface area contributed by atoms with Crippen molar-refractivity contribution >= 4 is 10.8 Å². The molecule has 2 aliphatic carbocycles. The van der Waals surface area contributed by atoms with E-state index in [-0.39, 0.29) is 11.3 Å². The molecule has 2 aromatic carbocycles. The van der Waals surface area contributed by atoms with E-state index in [2.05, 4.69) is 11.8 Å². The van der Waals surface area contributed by atoms with Gasteiger partial charge in [0.15, 0.2) is 5.82 Å². The quantitative estimate of drug-likeness (QED) is 0.297. The molecule has 2 aromatic rings. The number of alkyl halides is 3. The van der Waals surface area contributed by atoms with Crippen LogP contribution in [0.15, 0.2) is 18.2 Å². The summed E-state index contributed by atoms with van der Waals surface area (Å²) in [4.78, 5) is 0. The molecule has 0 bridgehead atoms. The van der Waals surface area contributed by atoms with Gasteiger partial charge >= 0.3 is 6.18 Å². The summed E-state index contributed by atoms with van der Waals surface area (Å²) in [5.74, 6) is 6.46. The van der Waals surface area contributed by atoms with Crippen LogP contribution in [0, 0.1) is 53.0 Å². The predicted molar refractivity (Wildman–Crippen MR) is 116 cm³/mol. The van der Waals surface area contributed by atoms with Crippen LogP contribution in [0.2, 0.25) is 0 Å². The third-order valence-electron chi connectivity index (χ3n) is 6.73. The third kappa shape index (κ3) is 5.67. The van der Waals surface area contributed by atoms with Crippen LogP contribution in [0.1, 0.15) is 74.8 Å². The Bertz CT molecular complexity index is 1140. The van der Waals surface area contributed by atoms with Crippen molar-refractivity contribution in [3.63, 3.8) is 0 Å². The SMILES string of the molecule is Fc1cc2cc(C3CCC(C#CC4CCCCC4)CC3)cc(F)c2c(F)c1C#CC(F)(F)F. The Balaban J connectivity index is 1.52. The smallest absolute Gasteiger partial charge is 0.206 e. The second-order valence-electron chi connectivity index (χ2n) is 9.07.